The molecule has 23 heavy (non-hydrogen) atoms. The minimum absolute atomic E-state index is 0.0156. The number of ether oxygens (including phenoxy) is 1. The number of rotatable bonds is 7. The molecule has 0 unspecified atom stereocenters. The molecule has 8 heteroatoms. The fourth-order valence-corrected chi connectivity index (χ4v) is 1.94. The Balaban J connectivity index is 2.57. The molecule has 0 fully saturated rings. The summed E-state index contributed by atoms with van der Waals surface area (Å²) in [4.78, 5) is 24.3. The normalized spacial score (nSPS) is 11.7. The first kappa shape index (κ1) is 18.8. The lowest BCUT2D eigenvalue weighted by atomic mass is 10.1. The van der Waals surface area contributed by atoms with E-state index in [1.54, 1.807) is 0 Å². The molecule has 0 spiro atoms. The second-order valence-corrected chi connectivity index (χ2v) is 4.93. The number of nitrogens with one attached hydrogen (secondary N) is 1. The van der Waals surface area contributed by atoms with E-state index in [1.807, 2.05) is 0 Å². The van der Waals surface area contributed by atoms with E-state index in [-0.39, 0.29) is 31.6 Å². The third kappa shape index (κ3) is 5.48. The van der Waals surface area contributed by atoms with Crippen molar-refractivity contribution < 1.29 is 28.2 Å². The van der Waals surface area contributed by atoms with Gasteiger partial charge in [0.05, 0.1) is 19.8 Å². The molecule has 1 aromatic carbocycles. The number of aliphatic hydroxyl groups is 1. The number of esters is 1. The third-order valence-corrected chi connectivity index (χ3v) is 3.45. The molecule has 128 valence electrons. The van der Waals surface area contributed by atoms with Crippen LogP contribution in [0, 0.1) is 11.6 Å². The van der Waals surface area contributed by atoms with Crippen LogP contribution in [0.5, 0.6) is 0 Å². The summed E-state index contributed by atoms with van der Waals surface area (Å²) >= 11 is 0. The molecule has 0 aliphatic heterocycles. The lowest BCUT2D eigenvalue weighted by molar-refractivity contribution is -0.141. The van der Waals surface area contributed by atoms with Gasteiger partial charge in [-0.3, -0.25) is 4.79 Å². The SMILES string of the molecule is COC(=O)CC[C@@H](CO)N(C)C(=O)NCc1cccc(F)c1F. The number of hydrogen-bond acceptors (Lipinski definition) is 4. The fourth-order valence-electron chi connectivity index (χ4n) is 1.94. The Morgan fingerprint density at radius 2 is 2.09 bits per heavy atom. The van der Waals surface area contributed by atoms with Crippen LogP contribution in [-0.2, 0) is 16.1 Å². The predicted octanol–water partition coefficient (Wildman–Crippen LogP) is 1.42. The first-order valence-electron chi connectivity index (χ1n) is 7.02. The molecule has 1 rings (SSSR count). The van der Waals surface area contributed by atoms with Gasteiger partial charge in [-0.05, 0) is 12.5 Å². The van der Waals surface area contributed by atoms with E-state index in [1.165, 1.54) is 31.2 Å². The van der Waals surface area contributed by atoms with Crippen LogP contribution in [0.4, 0.5) is 13.6 Å². The standard InChI is InChI=1S/C15H20F2N2O4/c1-19(11(9-20)6-7-13(21)23-2)15(22)18-8-10-4-3-5-12(16)14(10)17/h3-5,11,20H,6-9H2,1-2H3,(H,18,22)/t11-/m0/s1. The summed E-state index contributed by atoms with van der Waals surface area (Å²) in [5, 5.41) is 11.7. The van der Waals surface area contributed by atoms with Crippen LogP contribution in [0.25, 0.3) is 0 Å². The van der Waals surface area contributed by atoms with Crippen LogP contribution in [0.3, 0.4) is 0 Å². The third-order valence-electron chi connectivity index (χ3n) is 3.45. The van der Waals surface area contributed by atoms with Gasteiger partial charge in [0.15, 0.2) is 11.6 Å². The summed E-state index contributed by atoms with van der Waals surface area (Å²) in [5.41, 5.74) is 0.0156. The molecule has 0 saturated heterocycles. The van der Waals surface area contributed by atoms with Gasteiger partial charge in [-0.1, -0.05) is 12.1 Å². The lowest BCUT2D eigenvalue weighted by Crippen LogP contribution is -2.45. The Labute approximate surface area is 133 Å². The zero-order valence-electron chi connectivity index (χ0n) is 13.0. The van der Waals surface area contributed by atoms with E-state index in [0.717, 1.165) is 6.07 Å². The van der Waals surface area contributed by atoms with Crippen molar-refractivity contribution in [3.8, 4) is 0 Å². The van der Waals surface area contributed by atoms with Crippen molar-refractivity contribution in [1.29, 1.82) is 0 Å². The van der Waals surface area contributed by atoms with E-state index in [4.69, 9.17) is 0 Å². The number of likely N-dealkylation sites (N-methyl/N-ethyl adjacent to an activating group) is 1. The summed E-state index contributed by atoms with van der Waals surface area (Å²) in [6.45, 7) is -0.531. The van der Waals surface area contributed by atoms with Crippen LogP contribution in [-0.4, -0.2) is 48.8 Å². The molecule has 0 radical (unpaired) electrons. The second-order valence-electron chi connectivity index (χ2n) is 4.93. The van der Waals surface area contributed by atoms with E-state index < -0.39 is 29.7 Å². The number of amides is 2. The van der Waals surface area contributed by atoms with E-state index in [0.29, 0.717) is 0 Å². The Kier molecular flexibility index (Phi) is 7.40. The average molecular weight is 330 g/mol. The number of carbonyl (C=O) groups is 2. The molecule has 0 bridgehead atoms. The van der Waals surface area contributed by atoms with Gasteiger partial charge >= 0.3 is 12.0 Å². The molecule has 0 aliphatic rings. The molecule has 0 aliphatic carbocycles. The minimum Gasteiger partial charge on any atom is -0.469 e. The van der Waals surface area contributed by atoms with Crippen molar-refractivity contribution in [2.75, 3.05) is 20.8 Å². The van der Waals surface area contributed by atoms with Gasteiger partial charge in [0, 0.05) is 25.6 Å². The second kappa shape index (κ2) is 9.04. The molecular formula is C15H20F2N2O4. The highest BCUT2D eigenvalue weighted by atomic mass is 19.2. The molecule has 6 nitrogen and oxygen atoms in total. The Morgan fingerprint density at radius 3 is 2.70 bits per heavy atom. The van der Waals surface area contributed by atoms with Crippen molar-refractivity contribution in [2.45, 2.75) is 25.4 Å². The first-order chi connectivity index (χ1) is 10.9. The van der Waals surface area contributed by atoms with Crippen LogP contribution in [0.1, 0.15) is 18.4 Å². The Morgan fingerprint density at radius 1 is 1.39 bits per heavy atom. The van der Waals surface area contributed by atoms with Gasteiger partial charge in [0.1, 0.15) is 0 Å². The number of hydrogen-bond donors (Lipinski definition) is 2. The Bertz CT molecular complexity index is 554. The van der Waals surface area contributed by atoms with E-state index >= 15 is 0 Å². The summed E-state index contributed by atoms with van der Waals surface area (Å²) in [6.07, 6.45) is 0.277. The minimum atomic E-state index is -1.01. The number of nitrogens with zero attached hydrogens (tertiary/aromatic N) is 1. The zero-order chi connectivity index (χ0) is 17.4. The lowest BCUT2D eigenvalue weighted by Gasteiger charge is -2.26. The Hall–Kier alpha value is -2.22. The molecule has 1 aromatic rings. The highest BCUT2D eigenvalue weighted by molar-refractivity contribution is 5.74. The van der Waals surface area contributed by atoms with Crippen molar-refractivity contribution in [2.24, 2.45) is 0 Å². The van der Waals surface area contributed by atoms with Gasteiger partial charge in [-0.15, -0.1) is 0 Å². The number of benzene rings is 1. The van der Waals surface area contributed by atoms with Crippen molar-refractivity contribution in [3.05, 3.63) is 35.4 Å². The topological polar surface area (TPSA) is 78.9 Å². The monoisotopic (exact) mass is 330 g/mol. The number of methoxy groups -OCH3 is 1. The predicted molar refractivity (Wildman–Crippen MR) is 78.5 cm³/mol. The number of halogens is 2. The largest absolute Gasteiger partial charge is 0.469 e. The molecule has 2 N–H and O–H groups in total. The highest BCUT2D eigenvalue weighted by Gasteiger charge is 2.20. The van der Waals surface area contributed by atoms with Gasteiger partial charge < -0.3 is 20.1 Å². The quantitative estimate of drug-likeness (QED) is 0.741. The van der Waals surface area contributed by atoms with E-state index in [2.05, 4.69) is 10.1 Å². The number of urea groups is 1. The maximum Gasteiger partial charge on any atom is 0.317 e. The molecule has 0 aromatic heterocycles. The summed E-state index contributed by atoms with van der Waals surface area (Å²) in [5.74, 6) is -2.45. The molecule has 0 saturated carbocycles. The van der Waals surface area contributed by atoms with Crippen molar-refractivity contribution in [1.82, 2.24) is 10.2 Å². The van der Waals surface area contributed by atoms with Gasteiger partial charge in [-0.2, -0.15) is 0 Å². The van der Waals surface area contributed by atoms with Crippen LogP contribution in [0.2, 0.25) is 0 Å². The molecular weight excluding hydrogens is 310 g/mol. The maximum absolute atomic E-state index is 13.5. The summed E-state index contributed by atoms with van der Waals surface area (Å²) in [7, 11) is 2.69. The molecule has 0 heterocycles. The van der Waals surface area contributed by atoms with Gasteiger partial charge in [-0.25, -0.2) is 13.6 Å². The first-order valence-corrected chi connectivity index (χ1v) is 7.02. The van der Waals surface area contributed by atoms with Crippen molar-refractivity contribution in [3.63, 3.8) is 0 Å². The van der Waals surface area contributed by atoms with Crippen molar-refractivity contribution >= 4 is 12.0 Å². The smallest absolute Gasteiger partial charge is 0.317 e. The number of aliphatic hydroxyl groups excluding tert-OH is 1. The zero-order valence-corrected chi connectivity index (χ0v) is 13.0. The average Bonchev–Trinajstić information content (AvgIpc) is 2.55. The molecule has 1 atom stereocenters. The summed E-state index contributed by atoms with van der Waals surface area (Å²) < 4.78 is 31.1. The van der Waals surface area contributed by atoms with Gasteiger partial charge in [0.25, 0.3) is 0 Å². The maximum atomic E-state index is 13.5. The highest BCUT2D eigenvalue weighted by Crippen LogP contribution is 2.11. The fraction of sp³-hybridized carbons (Fsp3) is 0.467. The molecule has 2 amide bonds. The van der Waals surface area contributed by atoms with E-state index in [9.17, 15) is 23.5 Å². The summed E-state index contributed by atoms with van der Waals surface area (Å²) in [6, 6.07) is 2.53. The van der Waals surface area contributed by atoms with Crippen LogP contribution >= 0.6 is 0 Å². The van der Waals surface area contributed by atoms with Crippen LogP contribution in [0.15, 0.2) is 18.2 Å². The number of carbonyl (C=O) groups excluding carboxylic acids is 2. The van der Waals surface area contributed by atoms with Gasteiger partial charge in [0.2, 0.25) is 0 Å². The van der Waals surface area contributed by atoms with Crippen LogP contribution < -0.4 is 5.32 Å².